The third kappa shape index (κ3) is 2.80. The van der Waals surface area contributed by atoms with Crippen molar-refractivity contribution in [2.45, 2.75) is 37.9 Å². The van der Waals surface area contributed by atoms with Crippen LogP contribution in [0.1, 0.15) is 24.8 Å². The summed E-state index contributed by atoms with van der Waals surface area (Å²) >= 11 is 0. The van der Waals surface area contributed by atoms with Crippen molar-refractivity contribution in [1.82, 2.24) is 10.6 Å². The molecular weight excluding hydrogens is 184 g/mol. The molecule has 0 unspecified atom stereocenters. The summed E-state index contributed by atoms with van der Waals surface area (Å²) in [6.45, 7) is 0.990. The number of hydrogen-bond acceptors (Lipinski definition) is 2. The zero-order valence-corrected chi connectivity index (χ0v) is 9.37. The number of rotatable bonds is 4. The normalized spacial score (nSPS) is 25.7. The summed E-state index contributed by atoms with van der Waals surface area (Å²) in [6.07, 6.45) is 3.96. The first-order valence-electron chi connectivity index (χ1n) is 5.84. The molecule has 15 heavy (non-hydrogen) atoms. The quantitative estimate of drug-likeness (QED) is 0.783. The van der Waals surface area contributed by atoms with Crippen LogP contribution in [0.25, 0.3) is 0 Å². The summed E-state index contributed by atoms with van der Waals surface area (Å²) in [6, 6.07) is 11.9. The van der Waals surface area contributed by atoms with Crippen LogP contribution in [0.2, 0.25) is 0 Å². The van der Waals surface area contributed by atoms with E-state index in [1.165, 1.54) is 24.8 Å². The average molecular weight is 204 g/mol. The highest BCUT2D eigenvalue weighted by Crippen LogP contribution is 2.19. The Balaban J connectivity index is 1.83. The van der Waals surface area contributed by atoms with Crippen molar-refractivity contribution >= 4 is 0 Å². The van der Waals surface area contributed by atoms with Crippen molar-refractivity contribution in [2.75, 3.05) is 7.05 Å². The van der Waals surface area contributed by atoms with Gasteiger partial charge in [-0.1, -0.05) is 36.8 Å². The molecule has 82 valence electrons. The first-order chi connectivity index (χ1) is 7.40. The lowest BCUT2D eigenvalue weighted by molar-refractivity contribution is 0.430. The molecule has 0 spiro atoms. The molecule has 1 aromatic carbocycles. The van der Waals surface area contributed by atoms with E-state index in [1.54, 1.807) is 0 Å². The van der Waals surface area contributed by atoms with E-state index in [9.17, 15) is 0 Å². The lowest BCUT2D eigenvalue weighted by Crippen LogP contribution is -2.42. The summed E-state index contributed by atoms with van der Waals surface area (Å²) in [7, 11) is 2.06. The van der Waals surface area contributed by atoms with Gasteiger partial charge in [-0.2, -0.15) is 0 Å². The van der Waals surface area contributed by atoms with Gasteiger partial charge < -0.3 is 10.6 Å². The molecule has 2 heteroatoms. The molecular formula is C13H20N2. The van der Waals surface area contributed by atoms with E-state index in [4.69, 9.17) is 0 Å². The number of benzene rings is 1. The molecule has 0 bridgehead atoms. The second-order valence-electron chi connectivity index (χ2n) is 4.30. The van der Waals surface area contributed by atoms with Gasteiger partial charge in [0, 0.05) is 18.6 Å². The molecule has 2 N–H and O–H groups in total. The molecule has 2 rings (SSSR count). The minimum Gasteiger partial charge on any atom is -0.315 e. The smallest absolute Gasteiger partial charge is 0.0224 e. The van der Waals surface area contributed by atoms with E-state index < -0.39 is 0 Å². The summed E-state index contributed by atoms with van der Waals surface area (Å²) in [5, 5.41) is 7.02. The second-order valence-corrected chi connectivity index (χ2v) is 4.30. The number of nitrogens with one attached hydrogen (secondary N) is 2. The van der Waals surface area contributed by atoms with Crippen LogP contribution < -0.4 is 10.6 Å². The van der Waals surface area contributed by atoms with Gasteiger partial charge in [0.2, 0.25) is 0 Å². The number of hydrogen-bond donors (Lipinski definition) is 2. The van der Waals surface area contributed by atoms with E-state index in [2.05, 4.69) is 48.0 Å². The van der Waals surface area contributed by atoms with Crippen LogP contribution in [0.15, 0.2) is 30.3 Å². The molecule has 2 nitrogen and oxygen atoms in total. The van der Waals surface area contributed by atoms with Crippen LogP contribution in [0.4, 0.5) is 0 Å². The van der Waals surface area contributed by atoms with Gasteiger partial charge in [0.1, 0.15) is 0 Å². The molecule has 0 aliphatic heterocycles. The first-order valence-corrected chi connectivity index (χ1v) is 5.84. The molecule has 0 saturated heterocycles. The van der Waals surface area contributed by atoms with Crippen LogP contribution in [0.3, 0.4) is 0 Å². The Kier molecular flexibility index (Phi) is 3.75. The highest BCUT2D eigenvalue weighted by atomic mass is 15.0. The van der Waals surface area contributed by atoms with Gasteiger partial charge in [-0.05, 0) is 25.5 Å². The van der Waals surface area contributed by atoms with E-state index in [1.807, 2.05) is 0 Å². The van der Waals surface area contributed by atoms with Crippen molar-refractivity contribution < 1.29 is 0 Å². The van der Waals surface area contributed by atoms with Gasteiger partial charge >= 0.3 is 0 Å². The molecule has 0 heterocycles. The summed E-state index contributed by atoms with van der Waals surface area (Å²) in [4.78, 5) is 0. The Bertz CT molecular complexity index is 284. The lowest BCUT2D eigenvalue weighted by Gasteiger charge is -2.20. The van der Waals surface area contributed by atoms with Gasteiger partial charge in [0.25, 0.3) is 0 Å². The standard InChI is InChI=1S/C13H20N2/c1-14-12-8-5-9-13(12)15-10-11-6-3-2-4-7-11/h2-4,6-7,12-15H,5,8-10H2,1H3/t12-,13+/m1/s1. The maximum absolute atomic E-state index is 3.64. The molecule has 0 amide bonds. The van der Waals surface area contributed by atoms with Crippen LogP contribution in [0, 0.1) is 0 Å². The fraction of sp³-hybridized carbons (Fsp3) is 0.538. The zero-order chi connectivity index (χ0) is 10.5. The van der Waals surface area contributed by atoms with Gasteiger partial charge in [-0.3, -0.25) is 0 Å². The van der Waals surface area contributed by atoms with E-state index >= 15 is 0 Å². The Labute approximate surface area is 92.1 Å². The maximum atomic E-state index is 3.64. The SMILES string of the molecule is CN[C@@H]1CCC[C@@H]1NCc1ccccc1. The molecule has 1 aromatic rings. The molecule has 2 atom stereocenters. The Morgan fingerprint density at radius 3 is 2.60 bits per heavy atom. The minimum absolute atomic E-state index is 0.648. The maximum Gasteiger partial charge on any atom is 0.0224 e. The predicted molar refractivity (Wildman–Crippen MR) is 63.8 cm³/mol. The summed E-state index contributed by atoms with van der Waals surface area (Å²) < 4.78 is 0. The molecule has 0 radical (unpaired) electrons. The molecule has 1 aliphatic carbocycles. The number of likely N-dealkylation sites (N-methyl/N-ethyl adjacent to an activating group) is 1. The summed E-state index contributed by atoms with van der Waals surface area (Å²) in [5.41, 5.74) is 1.37. The summed E-state index contributed by atoms with van der Waals surface area (Å²) in [5.74, 6) is 0. The van der Waals surface area contributed by atoms with Crippen molar-refractivity contribution in [1.29, 1.82) is 0 Å². The molecule has 0 aromatic heterocycles. The molecule has 1 fully saturated rings. The first kappa shape index (κ1) is 10.7. The van der Waals surface area contributed by atoms with Gasteiger partial charge in [0.05, 0.1) is 0 Å². The Morgan fingerprint density at radius 1 is 1.13 bits per heavy atom. The monoisotopic (exact) mass is 204 g/mol. The largest absolute Gasteiger partial charge is 0.315 e. The van der Waals surface area contributed by atoms with Gasteiger partial charge in [0.15, 0.2) is 0 Å². The second kappa shape index (κ2) is 5.29. The van der Waals surface area contributed by atoms with Gasteiger partial charge in [-0.25, -0.2) is 0 Å². The van der Waals surface area contributed by atoms with Crippen LogP contribution in [-0.2, 0) is 6.54 Å². The van der Waals surface area contributed by atoms with E-state index in [0.29, 0.717) is 12.1 Å². The topological polar surface area (TPSA) is 24.1 Å². The van der Waals surface area contributed by atoms with E-state index in [0.717, 1.165) is 6.54 Å². The molecule has 1 saturated carbocycles. The average Bonchev–Trinajstić information content (AvgIpc) is 2.75. The fourth-order valence-electron chi connectivity index (χ4n) is 2.39. The predicted octanol–water partition coefficient (Wildman–Crippen LogP) is 1.92. The highest BCUT2D eigenvalue weighted by molar-refractivity contribution is 5.14. The van der Waals surface area contributed by atoms with E-state index in [-0.39, 0.29) is 0 Å². The zero-order valence-electron chi connectivity index (χ0n) is 9.37. The van der Waals surface area contributed by atoms with Gasteiger partial charge in [-0.15, -0.1) is 0 Å². The Hall–Kier alpha value is -0.860. The Morgan fingerprint density at radius 2 is 1.87 bits per heavy atom. The third-order valence-corrected chi connectivity index (χ3v) is 3.30. The van der Waals surface area contributed by atoms with Crippen molar-refractivity contribution in [2.24, 2.45) is 0 Å². The highest BCUT2D eigenvalue weighted by Gasteiger charge is 2.24. The lowest BCUT2D eigenvalue weighted by atomic mass is 10.1. The third-order valence-electron chi connectivity index (χ3n) is 3.30. The van der Waals surface area contributed by atoms with Crippen molar-refractivity contribution in [3.63, 3.8) is 0 Å². The van der Waals surface area contributed by atoms with Crippen LogP contribution >= 0.6 is 0 Å². The van der Waals surface area contributed by atoms with Crippen LogP contribution in [0.5, 0.6) is 0 Å². The fourth-order valence-corrected chi connectivity index (χ4v) is 2.39. The minimum atomic E-state index is 0.648. The van der Waals surface area contributed by atoms with Crippen molar-refractivity contribution in [3.05, 3.63) is 35.9 Å². The molecule has 1 aliphatic rings. The van der Waals surface area contributed by atoms with Crippen molar-refractivity contribution in [3.8, 4) is 0 Å². The van der Waals surface area contributed by atoms with Crippen LogP contribution in [-0.4, -0.2) is 19.1 Å².